The number of carboxylic acid groups (broad SMARTS) is 1. The summed E-state index contributed by atoms with van der Waals surface area (Å²) in [4.78, 5) is 25.6. The third kappa shape index (κ3) is 4.04. The normalized spacial score (nSPS) is 16.5. The Kier molecular flexibility index (Phi) is 5.56. The Hall–Kier alpha value is -2.82. The van der Waals surface area contributed by atoms with E-state index in [-0.39, 0.29) is 17.5 Å². The lowest BCUT2D eigenvalue weighted by Gasteiger charge is -2.25. The van der Waals surface area contributed by atoms with Crippen LogP contribution in [0.1, 0.15) is 46.8 Å². The second kappa shape index (κ2) is 8.04. The van der Waals surface area contributed by atoms with Gasteiger partial charge < -0.3 is 14.7 Å². The molecule has 0 saturated carbocycles. The first-order chi connectivity index (χ1) is 12.6. The molecule has 1 fully saturated rings. The van der Waals surface area contributed by atoms with Gasteiger partial charge in [-0.1, -0.05) is 24.3 Å². The quantitative estimate of drug-likeness (QED) is 0.860. The molecule has 5 heteroatoms. The van der Waals surface area contributed by atoms with Gasteiger partial charge in [0, 0.05) is 13.0 Å². The summed E-state index contributed by atoms with van der Waals surface area (Å²) in [5.74, 6) is 0.00349. The van der Waals surface area contributed by atoms with E-state index in [1.165, 1.54) is 0 Å². The Morgan fingerprint density at radius 1 is 1.19 bits per heavy atom. The molecule has 1 saturated heterocycles. The van der Waals surface area contributed by atoms with Crippen LogP contribution in [0.3, 0.4) is 0 Å². The lowest BCUT2D eigenvalue weighted by atomic mass is 10.0. The van der Waals surface area contributed by atoms with Crippen LogP contribution in [0.15, 0.2) is 48.5 Å². The molecule has 1 atom stereocenters. The molecule has 1 heterocycles. The number of aryl methyl sites for hydroxylation is 1. The average molecular weight is 353 g/mol. The highest BCUT2D eigenvalue weighted by Gasteiger charge is 2.29. The summed E-state index contributed by atoms with van der Waals surface area (Å²) >= 11 is 0. The van der Waals surface area contributed by atoms with E-state index in [9.17, 15) is 9.59 Å². The second-order valence-corrected chi connectivity index (χ2v) is 6.52. The van der Waals surface area contributed by atoms with Crippen molar-refractivity contribution in [2.75, 3.05) is 13.7 Å². The molecule has 1 unspecified atom stereocenters. The van der Waals surface area contributed by atoms with Crippen molar-refractivity contribution in [3.63, 3.8) is 0 Å². The Balaban J connectivity index is 1.63. The van der Waals surface area contributed by atoms with Gasteiger partial charge in [0.1, 0.15) is 5.75 Å². The number of hydrogen-bond acceptors (Lipinski definition) is 3. The van der Waals surface area contributed by atoms with Crippen LogP contribution in [0, 0.1) is 0 Å². The van der Waals surface area contributed by atoms with Crippen LogP contribution in [0.2, 0.25) is 0 Å². The molecule has 5 nitrogen and oxygen atoms in total. The first kappa shape index (κ1) is 18.0. The van der Waals surface area contributed by atoms with Crippen LogP contribution in [0.4, 0.5) is 0 Å². The third-order valence-electron chi connectivity index (χ3n) is 4.88. The molecular weight excluding hydrogens is 330 g/mol. The number of benzene rings is 2. The number of aromatic carboxylic acids is 1. The Bertz CT molecular complexity index is 785. The van der Waals surface area contributed by atoms with Crippen molar-refractivity contribution in [2.24, 2.45) is 0 Å². The number of carbonyl (C=O) groups is 2. The molecule has 0 radical (unpaired) electrons. The summed E-state index contributed by atoms with van der Waals surface area (Å²) < 4.78 is 5.30. The molecule has 1 amide bonds. The van der Waals surface area contributed by atoms with E-state index in [2.05, 4.69) is 0 Å². The van der Waals surface area contributed by atoms with Crippen LogP contribution in [0.5, 0.6) is 5.75 Å². The topological polar surface area (TPSA) is 66.8 Å². The van der Waals surface area contributed by atoms with Gasteiger partial charge in [-0.3, -0.25) is 4.79 Å². The molecule has 2 aromatic carbocycles. The predicted molar refractivity (Wildman–Crippen MR) is 98.4 cm³/mol. The molecule has 136 valence electrons. The van der Waals surface area contributed by atoms with Crippen molar-refractivity contribution < 1.29 is 19.4 Å². The lowest BCUT2D eigenvalue weighted by Crippen LogP contribution is -2.30. The summed E-state index contributed by atoms with van der Waals surface area (Å²) in [6.07, 6.45) is 3.00. The van der Waals surface area contributed by atoms with E-state index in [0.717, 1.165) is 36.3 Å². The van der Waals surface area contributed by atoms with Crippen molar-refractivity contribution in [1.29, 1.82) is 0 Å². The molecule has 2 aromatic rings. The molecule has 1 aliphatic heterocycles. The molecule has 26 heavy (non-hydrogen) atoms. The highest BCUT2D eigenvalue weighted by atomic mass is 16.5. The van der Waals surface area contributed by atoms with Gasteiger partial charge >= 0.3 is 5.97 Å². The maximum absolute atomic E-state index is 12.7. The molecule has 1 N–H and O–H groups in total. The Labute approximate surface area is 153 Å². The summed E-state index contributed by atoms with van der Waals surface area (Å²) in [7, 11) is 1.65. The van der Waals surface area contributed by atoms with Gasteiger partial charge in [0.05, 0.1) is 18.7 Å². The van der Waals surface area contributed by atoms with Crippen LogP contribution in [0.25, 0.3) is 0 Å². The number of methoxy groups -OCH3 is 1. The number of carbonyl (C=O) groups excluding carboxylic acids is 1. The van der Waals surface area contributed by atoms with Gasteiger partial charge in [-0.2, -0.15) is 0 Å². The maximum Gasteiger partial charge on any atom is 0.335 e. The van der Waals surface area contributed by atoms with E-state index in [1.807, 2.05) is 29.2 Å². The zero-order valence-electron chi connectivity index (χ0n) is 14.9. The van der Waals surface area contributed by atoms with E-state index in [1.54, 1.807) is 31.4 Å². The fraction of sp³-hybridized carbons (Fsp3) is 0.333. The standard InChI is InChI=1S/C21H23NO4/c1-26-18-5-2-4-17(14-18)19-6-3-13-22(19)20(23)12-9-15-7-10-16(11-8-15)21(24)25/h2,4-5,7-8,10-11,14,19H,3,6,9,12-13H2,1H3,(H,24,25). The zero-order chi connectivity index (χ0) is 18.5. The summed E-state index contributed by atoms with van der Waals surface area (Å²) in [6.45, 7) is 0.776. The maximum atomic E-state index is 12.7. The van der Waals surface area contributed by atoms with Crippen molar-refractivity contribution in [3.8, 4) is 5.75 Å². The van der Waals surface area contributed by atoms with Crippen LogP contribution in [-0.2, 0) is 11.2 Å². The minimum absolute atomic E-state index is 0.104. The first-order valence-corrected chi connectivity index (χ1v) is 8.84. The smallest absolute Gasteiger partial charge is 0.335 e. The van der Waals surface area contributed by atoms with Crippen LogP contribution in [-0.4, -0.2) is 35.5 Å². The minimum Gasteiger partial charge on any atom is -0.497 e. The largest absolute Gasteiger partial charge is 0.497 e. The lowest BCUT2D eigenvalue weighted by molar-refractivity contribution is -0.132. The number of hydrogen-bond donors (Lipinski definition) is 1. The number of likely N-dealkylation sites (tertiary alicyclic amines) is 1. The SMILES string of the molecule is COc1cccc(C2CCCN2C(=O)CCc2ccc(C(=O)O)cc2)c1. The molecule has 0 bridgehead atoms. The highest BCUT2D eigenvalue weighted by molar-refractivity contribution is 5.87. The number of ether oxygens (including phenoxy) is 1. The summed E-state index contributed by atoms with van der Waals surface area (Å²) in [6, 6.07) is 14.7. The van der Waals surface area contributed by atoms with Crippen molar-refractivity contribution in [3.05, 3.63) is 65.2 Å². The monoisotopic (exact) mass is 353 g/mol. The van der Waals surface area contributed by atoms with Gasteiger partial charge in [-0.05, 0) is 54.7 Å². The van der Waals surface area contributed by atoms with Gasteiger partial charge in [-0.15, -0.1) is 0 Å². The number of nitrogens with zero attached hydrogens (tertiary/aromatic N) is 1. The summed E-state index contributed by atoms with van der Waals surface area (Å²) in [5.41, 5.74) is 2.35. The average Bonchev–Trinajstić information content (AvgIpc) is 3.16. The number of rotatable bonds is 6. The van der Waals surface area contributed by atoms with Crippen LogP contribution < -0.4 is 4.74 Å². The zero-order valence-corrected chi connectivity index (χ0v) is 14.9. The molecular formula is C21H23NO4. The molecule has 0 aromatic heterocycles. The van der Waals surface area contributed by atoms with Crippen molar-refractivity contribution in [2.45, 2.75) is 31.7 Å². The van der Waals surface area contributed by atoms with Gasteiger partial charge in [0.2, 0.25) is 5.91 Å². The van der Waals surface area contributed by atoms with Crippen molar-refractivity contribution >= 4 is 11.9 Å². The second-order valence-electron chi connectivity index (χ2n) is 6.52. The summed E-state index contributed by atoms with van der Waals surface area (Å²) in [5, 5.41) is 8.94. The van der Waals surface area contributed by atoms with E-state index < -0.39 is 5.97 Å². The molecule has 0 spiro atoms. The van der Waals surface area contributed by atoms with Gasteiger partial charge in [-0.25, -0.2) is 4.79 Å². The van der Waals surface area contributed by atoms with Gasteiger partial charge in [0.15, 0.2) is 0 Å². The predicted octanol–water partition coefficient (Wildman–Crippen LogP) is 3.69. The minimum atomic E-state index is -0.939. The highest BCUT2D eigenvalue weighted by Crippen LogP contribution is 2.34. The fourth-order valence-corrected chi connectivity index (χ4v) is 3.47. The Morgan fingerprint density at radius 2 is 1.96 bits per heavy atom. The number of carboxylic acids is 1. The first-order valence-electron chi connectivity index (χ1n) is 8.84. The van der Waals surface area contributed by atoms with E-state index in [4.69, 9.17) is 9.84 Å². The van der Waals surface area contributed by atoms with E-state index >= 15 is 0 Å². The molecule has 0 aliphatic carbocycles. The molecule has 3 rings (SSSR count). The number of amides is 1. The fourth-order valence-electron chi connectivity index (χ4n) is 3.47. The van der Waals surface area contributed by atoms with Crippen molar-refractivity contribution in [1.82, 2.24) is 4.90 Å². The van der Waals surface area contributed by atoms with E-state index in [0.29, 0.717) is 12.8 Å². The Morgan fingerprint density at radius 3 is 2.65 bits per heavy atom. The third-order valence-corrected chi connectivity index (χ3v) is 4.88. The van der Waals surface area contributed by atoms with Crippen LogP contribution >= 0.6 is 0 Å². The van der Waals surface area contributed by atoms with Gasteiger partial charge in [0.25, 0.3) is 0 Å². The molecule has 1 aliphatic rings.